The van der Waals surface area contributed by atoms with Crippen molar-refractivity contribution in [3.05, 3.63) is 18.2 Å². The van der Waals surface area contributed by atoms with E-state index in [0.29, 0.717) is 12.4 Å². The van der Waals surface area contributed by atoms with Crippen molar-refractivity contribution in [2.24, 2.45) is 0 Å². The number of aryl methyl sites for hydroxylation is 1. The number of imidazole rings is 1. The summed E-state index contributed by atoms with van der Waals surface area (Å²) in [5, 5.41) is 0. The van der Waals surface area contributed by atoms with Crippen LogP contribution in [0.3, 0.4) is 0 Å². The van der Waals surface area contributed by atoms with Gasteiger partial charge in [-0.3, -0.25) is 0 Å². The summed E-state index contributed by atoms with van der Waals surface area (Å²) < 4.78 is 27.0. The number of hydrogen-bond acceptors (Lipinski definition) is 3. The topological polar surface area (TPSA) is 64.0 Å². The first-order valence-corrected chi connectivity index (χ1v) is 6.21. The van der Waals surface area contributed by atoms with Crippen LogP contribution < -0.4 is 4.72 Å². The number of nitrogens with zero attached hydrogens (tertiary/aromatic N) is 2. The molecule has 1 rings (SSSR count). The zero-order chi connectivity index (χ0) is 10.6. The third-order valence-electron chi connectivity index (χ3n) is 1.83. The Hall–Kier alpha value is -0.880. The quantitative estimate of drug-likeness (QED) is 0.773. The van der Waals surface area contributed by atoms with E-state index in [1.807, 2.05) is 11.5 Å². The van der Waals surface area contributed by atoms with Gasteiger partial charge in [-0.15, -0.1) is 0 Å². The minimum Gasteiger partial charge on any atom is -0.334 e. The van der Waals surface area contributed by atoms with Gasteiger partial charge in [0.15, 0.2) is 0 Å². The maximum absolute atomic E-state index is 11.4. The molecule has 0 aliphatic heterocycles. The van der Waals surface area contributed by atoms with Crippen LogP contribution in [0.15, 0.2) is 12.4 Å². The summed E-state index contributed by atoms with van der Waals surface area (Å²) in [5.74, 6) is 0.523. The fourth-order valence-corrected chi connectivity index (χ4v) is 2.33. The van der Waals surface area contributed by atoms with E-state index in [2.05, 4.69) is 9.71 Å². The van der Waals surface area contributed by atoms with E-state index in [4.69, 9.17) is 0 Å². The van der Waals surface area contributed by atoms with Crippen molar-refractivity contribution < 1.29 is 8.42 Å². The molecule has 1 heterocycles. The molecule has 1 N–H and O–H groups in total. The van der Waals surface area contributed by atoms with E-state index in [0.717, 1.165) is 6.54 Å². The van der Waals surface area contributed by atoms with Gasteiger partial charge in [0.1, 0.15) is 11.6 Å². The molecule has 0 bridgehead atoms. The average Bonchev–Trinajstić information content (AvgIpc) is 2.50. The summed E-state index contributed by atoms with van der Waals surface area (Å²) in [6.45, 7) is 4.85. The highest BCUT2D eigenvalue weighted by atomic mass is 32.2. The lowest BCUT2D eigenvalue weighted by Gasteiger charge is -2.05. The molecule has 1 aromatic rings. The first kappa shape index (κ1) is 11.2. The molecule has 0 aromatic carbocycles. The van der Waals surface area contributed by atoms with E-state index in [1.54, 1.807) is 19.3 Å². The summed E-state index contributed by atoms with van der Waals surface area (Å²) in [6, 6.07) is 0. The third kappa shape index (κ3) is 2.81. The highest BCUT2D eigenvalue weighted by Crippen LogP contribution is 2.02. The van der Waals surface area contributed by atoms with Crippen LogP contribution in [0.25, 0.3) is 0 Å². The molecule has 0 spiro atoms. The van der Waals surface area contributed by atoms with Crippen LogP contribution in [0.5, 0.6) is 0 Å². The van der Waals surface area contributed by atoms with Gasteiger partial charge in [0.2, 0.25) is 10.0 Å². The van der Waals surface area contributed by atoms with Gasteiger partial charge >= 0.3 is 0 Å². The molecule has 14 heavy (non-hydrogen) atoms. The second-order valence-electron chi connectivity index (χ2n) is 2.89. The highest BCUT2D eigenvalue weighted by molar-refractivity contribution is 7.88. The monoisotopic (exact) mass is 217 g/mol. The molecule has 0 saturated carbocycles. The van der Waals surface area contributed by atoms with Gasteiger partial charge in [0.05, 0.1) is 0 Å². The van der Waals surface area contributed by atoms with Crippen LogP contribution in [0.1, 0.15) is 19.7 Å². The van der Waals surface area contributed by atoms with E-state index >= 15 is 0 Å². The Kier molecular flexibility index (Phi) is 3.65. The van der Waals surface area contributed by atoms with Crippen LogP contribution in [-0.4, -0.2) is 24.5 Å². The maximum Gasteiger partial charge on any atom is 0.218 e. The summed E-state index contributed by atoms with van der Waals surface area (Å²) in [5.41, 5.74) is 0. The van der Waals surface area contributed by atoms with Crippen LogP contribution in [0, 0.1) is 0 Å². The van der Waals surface area contributed by atoms with Gasteiger partial charge in [0.25, 0.3) is 0 Å². The molecule has 0 unspecified atom stereocenters. The number of sulfonamides is 1. The number of rotatable bonds is 5. The van der Waals surface area contributed by atoms with Gasteiger partial charge in [-0.1, -0.05) is 6.92 Å². The Morgan fingerprint density at radius 2 is 2.21 bits per heavy atom. The van der Waals surface area contributed by atoms with Crippen LogP contribution >= 0.6 is 0 Å². The van der Waals surface area contributed by atoms with Crippen LogP contribution in [0.2, 0.25) is 0 Å². The normalized spacial score (nSPS) is 11.9. The number of nitrogens with one attached hydrogen (secondary N) is 1. The first-order valence-electron chi connectivity index (χ1n) is 4.56. The van der Waals surface area contributed by atoms with E-state index < -0.39 is 10.0 Å². The lowest BCUT2D eigenvalue weighted by Crippen LogP contribution is -2.25. The Balaban J connectivity index is 2.78. The molecule has 5 nitrogen and oxygen atoms in total. The van der Waals surface area contributed by atoms with Crippen molar-refractivity contribution in [3.63, 3.8) is 0 Å². The van der Waals surface area contributed by atoms with Crippen molar-refractivity contribution >= 4 is 10.0 Å². The Morgan fingerprint density at radius 1 is 1.50 bits per heavy atom. The Morgan fingerprint density at radius 3 is 2.79 bits per heavy atom. The molecule has 6 heteroatoms. The summed E-state index contributed by atoms with van der Waals surface area (Å²) in [4.78, 5) is 4.00. The Labute approximate surface area is 84.2 Å². The fourth-order valence-electron chi connectivity index (χ4n) is 1.21. The minimum absolute atomic E-state index is 0.0539. The lowest BCUT2D eigenvalue weighted by atomic mass is 10.6. The van der Waals surface area contributed by atoms with Gasteiger partial charge < -0.3 is 4.57 Å². The van der Waals surface area contributed by atoms with Crippen molar-refractivity contribution in [2.45, 2.75) is 26.1 Å². The molecule has 0 atom stereocenters. The number of aromatic nitrogens is 2. The van der Waals surface area contributed by atoms with Gasteiger partial charge in [0, 0.05) is 25.5 Å². The van der Waals surface area contributed by atoms with Crippen LogP contribution in [0.4, 0.5) is 0 Å². The lowest BCUT2D eigenvalue weighted by molar-refractivity contribution is 0.578. The van der Waals surface area contributed by atoms with Crippen molar-refractivity contribution in [1.29, 1.82) is 0 Å². The summed E-state index contributed by atoms with van der Waals surface area (Å²) in [7, 11) is -3.22. The van der Waals surface area contributed by atoms with E-state index in [9.17, 15) is 8.42 Å². The van der Waals surface area contributed by atoms with Gasteiger partial charge in [-0.25, -0.2) is 18.1 Å². The second kappa shape index (κ2) is 4.56. The molecule has 0 saturated heterocycles. The molecule has 0 fully saturated rings. The van der Waals surface area contributed by atoms with Crippen molar-refractivity contribution in [2.75, 3.05) is 6.54 Å². The van der Waals surface area contributed by atoms with E-state index in [-0.39, 0.29) is 5.75 Å². The predicted molar refractivity (Wildman–Crippen MR) is 54.2 cm³/mol. The van der Waals surface area contributed by atoms with E-state index in [1.165, 1.54) is 0 Å². The standard InChI is InChI=1S/C8H15N3O2S/c1-3-10-14(12,13)7-8-9-5-6-11(8)4-2/h5-6,10H,3-4,7H2,1-2H3. The first-order chi connectivity index (χ1) is 6.59. The molecule has 80 valence electrons. The zero-order valence-electron chi connectivity index (χ0n) is 8.40. The van der Waals surface area contributed by atoms with Crippen molar-refractivity contribution in [1.82, 2.24) is 14.3 Å². The zero-order valence-corrected chi connectivity index (χ0v) is 9.21. The summed E-state index contributed by atoms with van der Waals surface area (Å²) >= 11 is 0. The highest BCUT2D eigenvalue weighted by Gasteiger charge is 2.13. The SMILES string of the molecule is CCNS(=O)(=O)Cc1nccn1CC. The van der Waals surface area contributed by atoms with Gasteiger partial charge in [-0.05, 0) is 6.92 Å². The third-order valence-corrected chi connectivity index (χ3v) is 3.19. The van der Waals surface area contributed by atoms with Gasteiger partial charge in [-0.2, -0.15) is 0 Å². The molecule has 0 amide bonds. The van der Waals surface area contributed by atoms with Crippen molar-refractivity contribution in [3.8, 4) is 0 Å². The molecule has 0 aliphatic rings. The smallest absolute Gasteiger partial charge is 0.218 e. The fraction of sp³-hybridized carbons (Fsp3) is 0.625. The minimum atomic E-state index is -3.22. The molecule has 0 aliphatic carbocycles. The average molecular weight is 217 g/mol. The molecular formula is C8H15N3O2S. The second-order valence-corrected chi connectivity index (χ2v) is 4.69. The predicted octanol–water partition coefficient (Wildman–Crippen LogP) is 0.342. The molecule has 0 radical (unpaired) electrons. The molecule has 1 aromatic heterocycles. The Bertz CT molecular complexity index is 383. The largest absolute Gasteiger partial charge is 0.334 e. The maximum atomic E-state index is 11.4. The van der Waals surface area contributed by atoms with Crippen LogP contribution in [-0.2, 0) is 22.3 Å². The molecular weight excluding hydrogens is 202 g/mol. The summed E-state index contributed by atoms with van der Waals surface area (Å²) in [6.07, 6.45) is 3.39. The number of hydrogen-bond donors (Lipinski definition) is 1.